The van der Waals surface area contributed by atoms with Crippen molar-refractivity contribution >= 4 is 11.8 Å². The summed E-state index contributed by atoms with van der Waals surface area (Å²) < 4.78 is 0. The lowest BCUT2D eigenvalue weighted by molar-refractivity contribution is 0.603. The number of hydrogen-bond acceptors (Lipinski definition) is 2. The largest absolute Gasteiger partial charge is 0.310 e. The van der Waals surface area contributed by atoms with E-state index in [1.54, 1.807) is 0 Å². The maximum atomic E-state index is 3.61. The monoisotopic (exact) mass is 293 g/mol. The van der Waals surface area contributed by atoms with Crippen LogP contribution >= 0.6 is 11.8 Å². The molecule has 0 aliphatic rings. The molecule has 0 saturated carbocycles. The minimum atomic E-state index is 0.483. The van der Waals surface area contributed by atoms with Crippen molar-refractivity contribution in [1.82, 2.24) is 5.32 Å². The molecule has 0 fully saturated rings. The Morgan fingerprint density at radius 3 is 2.10 bits per heavy atom. The highest BCUT2D eigenvalue weighted by Crippen LogP contribution is 2.21. The summed E-state index contributed by atoms with van der Waals surface area (Å²) in [6, 6.07) is 9.69. The fourth-order valence-electron chi connectivity index (χ4n) is 2.30. The topological polar surface area (TPSA) is 12.0 Å². The van der Waals surface area contributed by atoms with E-state index >= 15 is 0 Å². The van der Waals surface area contributed by atoms with Crippen molar-refractivity contribution in [2.45, 2.75) is 47.1 Å². The molecule has 2 heteroatoms. The van der Waals surface area contributed by atoms with Crippen LogP contribution in [0.15, 0.2) is 24.3 Å². The highest BCUT2D eigenvalue weighted by atomic mass is 32.2. The predicted molar refractivity (Wildman–Crippen MR) is 93.6 cm³/mol. The van der Waals surface area contributed by atoms with Gasteiger partial charge in [-0.15, -0.1) is 0 Å². The van der Waals surface area contributed by atoms with Gasteiger partial charge in [0.2, 0.25) is 0 Å². The van der Waals surface area contributed by atoms with Gasteiger partial charge in [-0.2, -0.15) is 11.8 Å². The molecule has 0 radical (unpaired) electrons. The first-order chi connectivity index (χ1) is 9.52. The van der Waals surface area contributed by atoms with E-state index in [2.05, 4.69) is 76.0 Å². The predicted octanol–water partition coefficient (Wildman–Crippen LogP) is 4.92. The van der Waals surface area contributed by atoms with Crippen LogP contribution in [-0.4, -0.2) is 18.1 Å². The van der Waals surface area contributed by atoms with Crippen LogP contribution in [-0.2, 0) is 6.42 Å². The molecule has 1 atom stereocenters. The lowest BCUT2D eigenvalue weighted by Crippen LogP contribution is -2.23. The van der Waals surface area contributed by atoms with Crippen LogP contribution in [0.5, 0.6) is 0 Å². The molecule has 1 aromatic rings. The summed E-state index contributed by atoms with van der Waals surface area (Å²) in [5.41, 5.74) is 2.88. The Morgan fingerprint density at radius 1 is 0.950 bits per heavy atom. The Morgan fingerprint density at radius 2 is 1.60 bits per heavy atom. The second-order valence-electron chi connectivity index (χ2n) is 6.38. The number of rotatable bonds is 9. The van der Waals surface area contributed by atoms with Gasteiger partial charge in [-0.25, -0.2) is 0 Å². The molecule has 1 rings (SSSR count). The molecule has 0 aromatic heterocycles. The number of thioether (sulfide) groups is 1. The first-order valence-electron chi connectivity index (χ1n) is 7.92. The van der Waals surface area contributed by atoms with Crippen LogP contribution in [0.4, 0.5) is 0 Å². The van der Waals surface area contributed by atoms with Gasteiger partial charge in [0, 0.05) is 11.8 Å². The van der Waals surface area contributed by atoms with E-state index in [-0.39, 0.29) is 0 Å². The Labute approximate surface area is 129 Å². The molecular formula is C18H31NS. The third-order valence-corrected chi connectivity index (χ3v) is 4.68. The highest BCUT2D eigenvalue weighted by Gasteiger charge is 2.11. The molecule has 1 unspecified atom stereocenters. The van der Waals surface area contributed by atoms with Crippen LogP contribution in [0.25, 0.3) is 0 Å². The van der Waals surface area contributed by atoms with Gasteiger partial charge in [0.25, 0.3) is 0 Å². The van der Waals surface area contributed by atoms with Crippen LogP contribution < -0.4 is 5.32 Å². The second kappa shape index (κ2) is 9.46. The van der Waals surface area contributed by atoms with Gasteiger partial charge in [-0.1, -0.05) is 58.9 Å². The highest BCUT2D eigenvalue weighted by molar-refractivity contribution is 7.99. The van der Waals surface area contributed by atoms with Gasteiger partial charge < -0.3 is 5.32 Å². The lowest BCUT2D eigenvalue weighted by atomic mass is 10.00. The molecule has 0 saturated heterocycles. The summed E-state index contributed by atoms with van der Waals surface area (Å²) in [4.78, 5) is 0. The molecular weight excluding hydrogens is 262 g/mol. The van der Waals surface area contributed by atoms with E-state index < -0.39 is 0 Å². The second-order valence-corrected chi connectivity index (χ2v) is 7.46. The van der Waals surface area contributed by atoms with Gasteiger partial charge in [0.05, 0.1) is 0 Å². The molecule has 0 aliphatic carbocycles. The van der Waals surface area contributed by atoms with Crippen LogP contribution in [0, 0.1) is 11.8 Å². The SMILES string of the molecule is CCNC(CSCC(C)C)c1ccc(CC(C)C)cc1. The number of benzene rings is 1. The zero-order chi connectivity index (χ0) is 15.0. The van der Waals surface area contributed by atoms with Crippen LogP contribution in [0.1, 0.15) is 51.8 Å². The molecule has 20 heavy (non-hydrogen) atoms. The zero-order valence-electron chi connectivity index (χ0n) is 13.8. The fourth-order valence-corrected chi connectivity index (χ4v) is 3.45. The Balaban J connectivity index is 2.61. The van der Waals surface area contributed by atoms with Crippen molar-refractivity contribution in [1.29, 1.82) is 0 Å². The quantitative estimate of drug-likeness (QED) is 0.693. The molecule has 1 N–H and O–H groups in total. The molecule has 114 valence electrons. The smallest absolute Gasteiger partial charge is 0.0411 e. The van der Waals surface area contributed by atoms with E-state index in [9.17, 15) is 0 Å². The Bertz CT molecular complexity index is 356. The number of hydrogen-bond donors (Lipinski definition) is 1. The Kier molecular flexibility index (Phi) is 8.32. The number of nitrogens with one attached hydrogen (secondary N) is 1. The zero-order valence-corrected chi connectivity index (χ0v) is 14.6. The first kappa shape index (κ1) is 17.6. The minimum Gasteiger partial charge on any atom is -0.310 e. The molecule has 0 bridgehead atoms. The van der Waals surface area contributed by atoms with Crippen molar-refractivity contribution in [3.8, 4) is 0 Å². The van der Waals surface area contributed by atoms with Crippen LogP contribution in [0.3, 0.4) is 0 Å². The molecule has 0 aliphatic heterocycles. The van der Waals surface area contributed by atoms with Gasteiger partial charge >= 0.3 is 0 Å². The average Bonchev–Trinajstić information content (AvgIpc) is 2.37. The van der Waals surface area contributed by atoms with E-state index in [1.807, 2.05) is 0 Å². The van der Waals surface area contributed by atoms with Crippen molar-refractivity contribution in [3.05, 3.63) is 35.4 Å². The summed E-state index contributed by atoms with van der Waals surface area (Å²) in [5.74, 6) is 3.91. The fraction of sp³-hybridized carbons (Fsp3) is 0.667. The van der Waals surface area contributed by atoms with Gasteiger partial charge in [-0.3, -0.25) is 0 Å². The first-order valence-corrected chi connectivity index (χ1v) is 9.08. The summed E-state index contributed by atoms with van der Waals surface area (Å²) in [6.07, 6.45) is 1.17. The van der Waals surface area contributed by atoms with Crippen molar-refractivity contribution in [3.63, 3.8) is 0 Å². The molecule has 1 aromatic carbocycles. The third-order valence-electron chi connectivity index (χ3n) is 3.21. The van der Waals surface area contributed by atoms with Gasteiger partial charge in [0.15, 0.2) is 0 Å². The lowest BCUT2D eigenvalue weighted by Gasteiger charge is -2.19. The van der Waals surface area contributed by atoms with E-state index in [1.165, 1.54) is 23.3 Å². The third kappa shape index (κ3) is 6.81. The molecule has 1 nitrogen and oxygen atoms in total. The summed E-state index contributed by atoms with van der Waals surface area (Å²) >= 11 is 2.06. The van der Waals surface area contributed by atoms with Crippen molar-refractivity contribution < 1.29 is 0 Å². The normalized spacial score (nSPS) is 13.2. The van der Waals surface area contributed by atoms with Crippen LogP contribution in [0.2, 0.25) is 0 Å². The molecule has 0 spiro atoms. The molecule has 0 heterocycles. The van der Waals surface area contributed by atoms with Gasteiger partial charge in [-0.05, 0) is 41.7 Å². The summed E-state index contributed by atoms with van der Waals surface area (Å²) in [5, 5.41) is 3.61. The van der Waals surface area contributed by atoms with Crippen molar-refractivity contribution in [2.24, 2.45) is 11.8 Å². The average molecular weight is 294 g/mol. The summed E-state index contributed by atoms with van der Waals surface area (Å²) in [6.45, 7) is 12.3. The van der Waals surface area contributed by atoms with Gasteiger partial charge in [0.1, 0.15) is 0 Å². The standard InChI is InChI=1S/C18H31NS/c1-6-19-18(13-20-12-15(4)5)17-9-7-16(8-10-17)11-14(2)3/h7-10,14-15,18-19H,6,11-13H2,1-5H3. The molecule has 0 amide bonds. The maximum absolute atomic E-state index is 3.61. The maximum Gasteiger partial charge on any atom is 0.0411 e. The van der Waals surface area contributed by atoms with E-state index in [4.69, 9.17) is 0 Å². The summed E-state index contributed by atoms with van der Waals surface area (Å²) in [7, 11) is 0. The van der Waals surface area contributed by atoms with E-state index in [0.29, 0.717) is 6.04 Å². The van der Waals surface area contributed by atoms with E-state index in [0.717, 1.165) is 24.1 Å². The minimum absolute atomic E-state index is 0.483. The van der Waals surface area contributed by atoms with Crippen molar-refractivity contribution in [2.75, 3.05) is 18.1 Å². The Hall–Kier alpha value is -0.470.